The van der Waals surface area contributed by atoms with E-state index in [-0.39, 0.29) is 0 Å². The molecular weight excluding hydrogens is 521 g/mol. The van der Waals surface area contributed by atoms with E-state index in [0.717, 1.165) is 16.7 Å². The second-order valence-electron chi connectivity index (χ2n) is 9.66. The van der Waals surface area contributed by atoms with Gasteiger partial charge in [0.2, 0.25) is 7.59 Å². The molecule has 6 rings (SSSR count). The van der Waals surface area contributed by atoms with Crippen molar-refractivity contribution in [2.24, 2.45) is 0 Å². The van der Waals surface area contributed by atoms with Gasteiger partial charge in [-0.05, 0) is 39.8 Å². The summed E-state index contributed by atoms with van der Waals surface area (Å²) in [4.78, 5) is 0. The van der Waals surface area contributed by atoms with Crippen molar-refractivity contribution in [2.45, 2.75) is 0 Å². The Hall–Kier alpha value is -4.65. The van der Waals surface area contributed by atoms with Crippen molar-refractivity contribution < 1.29 is 8.85 Å². The van der Waals surface area contributed by atoms with E-state index in [1.807, 2.05) is 60.7 Å². The third kappa shape index (κ3) is 4.68. The molecule has 194 valence electrons. The first-order valence-electron chi connectivity index (χ1n) is 13.5. The molecule has 0 N–H and O–H groups in total. The second-order valence-corrected chi connectivity index (χ2v) is 19.3. The van der Waals surface area contributed by atoms with Crippen LogP contribution < -0.4 is 29.6 Å². The molecule has 0 aromatic heterocycles. The van der Waals surface area contributed by atoms with Crippen molar-refractivity contribution in [3.05, 3.63) is 182 Å². The minimum atomic E-state index is -3.52. The molecule has 0 radical (unpaired) electrons. The zero-order valence-electron chi connectivity index (χ0n) is 22.1. The SMILES string of the molecule is c1ccc(O[Si](Oc2ccccc2)(c2ccccc2)[Si](c2ccccc2)(c2ccccc2)c2ccccc2)cc1. The van der Waals surface area contributed by atoms with E-state index >= 15 is 0 Å². The normalized spacial score (nSPS) is 11.5. The molecule has 4 heteroatoms. The lowest BCUT2D eigenvalue weighted by atomic mass is 10.3. The van der Waals surface area contributed by atoms with Crippen LogP contribution in [0.4, 0.5) is 0 Å². The van der Waals surface area contributed by atoms with Crippen LogP contribution in [-0.2, 0) is 0 Å². The third-order valence-electron chi connectivity index (χ3n) is 7.28. The van der Waals surface area contributed by atoms with Gasteiger partial charge in [0, 0.05) is 5.19 Å². The molecule has 0 aliphatic rings. The third-order valence-corrected chi connectivity index (χ3v) is 21.0. The molecule has 0 atom stereocenters. The van der Waals surface area contributed by atoms with E-state index in [1.54, 1.807) is 0 Å². The van der Waals surface area contributed by atoms with Gasteiger partial charge in [0.1, 0.15) is 11.5 Å². The molecule has 0 bridgehead atoms. The van der Waals surface area contributed by atoms with Gasteiger partial charge in [-0.25, -0.2) is 0 Å². The summed E-state index contributed by atoms with van der Waals surface area (Å²) in [6.45, 7) is 0. The van der Waals surface area contributed by atoms with Gasteiger partial charge in [-0.1, -0.05) is 158 Å². The molecule has 6 aromatic carbocycles. The summed E-state index contributed by atoms with van der Waals surface area (Å²) in [5.74, 6) is 1.60. The van der Waals surface area contributed by atoms with Gasteiger partial charge in [0.25, 0.3) is 0 Å². The van der Waals surface area contributed by atoms with Crippen molar-refractivity contribution in [1.82, 2.24) is 0 Å². The molecule has 0 spiro atoms. The van der Waals surface area contributed by atoms with Gasteiger partial charge in [0.05, 0.1) is 0 Å². The molecular formula is C36H30O2Si2. The topological polar surface area (TPSA) is 18.5 Å². The second kappa shape index (κ2) is 11.6. The molecule has 0 aliphatic heterocycles. The maximum absolute atomic E-state index is 7.50. The van der Waals surface area contributed by atoms with Crippen molar-refractivity contribution in [3.8, 4) is 11.5 Å². The predicted octanol–water partition coefficient (Wildman–Crippen LogP) is 5.74. The molecule has 0 unspecified atom stereocenters. The standard InChI is InChI=1S/C36H30O2Si2/c1-7-19-31(20-8-1)37-40(36-29-17-6-18-30-36,38-32-21-9-2-10-22-32)39(33-23-11-3-12-24-33,34-25-13-4-14-26-34)35-27-15-5-16-28-35/h1-30H. The first-order valence-corrected chi connectivity index (χ1v) is 18.3. The Bertz CT molecular complexity index is 1480. The van der Waals surface area contributed by atoms with Crippen molar-refractivity contribution in [3.63, 3.8) is 0 Å². The van der Waals surface area contributed by atoms with Crippen LogP contribution >= 0.6 is 0 Å². The molecule has 0 aliphatic carbocycles. The lowest BCUT2D eigenvalue weighted by Gasteiger charge is -2.46. The molecule has 0 heterocycles. The van der Waals surface area contributed by atoms with Crippen LogP contribution in [0.25, 0.3) is 0 Å². The fourth-order valence-electron chi connectivity index (χ4n) is 5.61. The molecule has 0 amide bonds. The van der Waals surface area contributed by atoms with Crippen molar-refractivity contribution in [1.29, 1.82) is 0 Å². The van der Waals surface area contributed by atoms with Crippen LogP contribution in [0.3, 0.4) is 0 Å². The Morgan fingerprint density at radius 2 is 0.525 bits per heavy atom. The highest BCUT2D eigenvalue weighted by molar-refractivity contribution is 7.56. The van der Waals surface area contributed by atoms with E-state index < -0.39 is 15.7 Å². The molecule has 0 saturated carbocycles. The Labute approximate surface area is 238 Å². The monoisotopic (exact) mass is 550 g/mol. The summed E-state index contributed by atoms with van der Waals surface area (Å²) >= 11 is 0. The van der Waals surface area contributed by atoms with E-state index in [2.05, 4.69) is 121 Å². The smallest absolute Gasteiger partial charge is 0.481 e. The van der Waals surface area contributed by atoms with Gasteiger partial charge in [-0.3, -0.25) is 0 Å². The summed E-state index contributed by atoms with van der Waals surface area (Å²) in [6, 6.07) is 63.6. The van der Waals surface area contributed by atoms with E-state index in [4.69, 9.17) is 8.85 Å². The van der Waals surface area contributed by atoms with Gasteiger partial charge < -0.3 is 8.85 Å². The lowest BCUT2D eigenvalue weighted by molar-refractivity contribution is 0.424. The quantitative estimate of drug-likeness (QED) is 0.169. The first kappa shape index (κ1) is 25.6. The number of hydrogen-bond acceptors (Lipinski definition) is 2. The average Bonchev–Trinajstić information content (AvgIpc) is 3.04. The predicted molar refractivity (Wildman–Crippen MR) is 170 cm³/mol. The Morgan fingerprint density at radius 3 is 0.825 bits per heavy atom. The van der Waals surface area contributed by atoms with Crippen LogP contribution in [-0.4, -0.2) is 15.7 Å². The molecule has 0 fully saturated rings. The summed E-state index contributed by atoms with van der Waals surface area (Å²) in [5, 5.41) is 4.82. The number of rotatable bonds is 9. The van der Waals surface area contributed by atoms with E-state index in [1.165, 1.54) is 15.6 Å². The fraction of sp³-hybridized carbons (Fsp3) is 0. The minimum absolute atomic E-state index is 0.800. The Kier molecular flexibility index (Phi) is 7.44. The fourth-order valence-corrected chi connectivity index (χ4v) is 20.8. The van der Waals surface area contributed by atoms with Crippen LogP contribution in [0, 0.1) is 0 Å². The highest BCUT2D eigenvalue weighted by Crippen LogP contribution is 2.28. The average molecular weight is 551 g/mol. The zero-order chi connectivity index (χ0) is 27.1. The van der Waals surface area contributed by atoms with Crippen LogP contribution in [0.15, 0.2) is 182 Å². The molecule has 2 nitrogen and oxygen atoms in total. The zero-order valence-corrected chi connectivity index (χ0v) is 24.1. The highest BCUT2D eigenvalue weighted by atomic mass is 29.3. The number of para-hydroxylation sites is 2. The number of benzene rings is 6. The maximum atomic E-state index is 7.50. The van der Waals surface area contributed by atoms with Crippen molar-refractivity contribution in [2.75, 3.05) is 0 Å². The first-order chi connectivity index (χ1) is 19.8. The van der Waals surface area contributed by atoms with Crippen LogP contribution in [0.1, 0.15) is 0 Å². The largest absolute Gasteiger partial charge is 0.511 e. The van der Waals surface area contributed by atoms with Crippen LogP contribution in [0.2, 0.25) is 0 Å². The summed E-state index contributed by atoms with van der Waals surface area (Å²) in [5.41, 5.74) is 0. The molecule has 40 heavy (non-hydrogen) atoms. The lowest BCUT2D eigenvalue weighted by Crippen LogP contribution is -2.91. The summed E-state index contributed by atoms with van der Waals surface area (Å²) in [6.07, 6.45) is 0. The van der Waals surface area contributed by atoms with E-state index in [9.17, 15) is 0 Å². The van der Waals surface area contributed by atoms with Crippen LogP contribution in [0.5, 0.6) is 11.5 Å². The highest BCUT2D eigenvalue weighted by Gasteiger charge is 2.68. The molecule has 6 aromatic rings. The number of hydrogen-bond donors (Lipinski definition) is 0. The Morgan fingerprint density at radius 1 is 0.275 bits per heavy atom. The maximum Gasteiger partial charge on any atom is 0.481 e. The van der Waals surface area contributed by atoms with E-state index in [0.29, 0.717) is 0 Å². The minimum Gasteiger partial charge on any atom is -0.511 e. The van der Waals surface area contributed by atoms with Crippen molar-refractivity contribution >= 4 is 36.4 Å². The van der Waals surface area contributed by atoms with Gasteiger partial charge >= 0.3 is 8.08 Å². The summed E-state index contributed by atoms with van der Waals surface area (Å²) in [7, 11) is -6.63. The van der Waals surface area contributed by atoms with Gasteiger partial charge in [-0.2, -0.15) is 0 Å². The van der Waals surface area contributed by atoms with Gasteiger partial charge in [-0.15, -0.1) is 0 Å². The Balaban J connectivity index is 1.81. The summed E-state index contributed by atoms with van der Waals surface area (Å²) < 4.78 is 15.0. The molecule has 0 saturated heterocycles. The van der Waals surface area contributed by atoms with Gasteiger partial charge in [0.15, 0.2) is 0 Å².